The van der Waals surface area contributed by atoms with Gasteiger partial charge in [-0.25, -0.2) is 0 Å². The number of unbranched alkanes of at least 4 members (excludes halogenated alkanes) is 1. The molecule has 1 atom stereocenters. The molecule has 1 N–H and O–H groups in total. The van der Waals surface area contributed by atoms with Crippen LogP contribution in [0.25, 0.3) is 11.0 Å². The van der Waals surface area contributed by atoms with Crippen molar-refractivity contribution in [2.75, 3.05) is 6.54 Å². The van der Waals surface area contributed by atoms with Gasteiger partial charge in [0.1, 0.15) is 11.3 Å². The number of nitrogens with zero attached hydrogens (tertiary/aromatic N) is 1. The summed E-state index contributed by atoms with van der Waals surface area (Å²) in [7, 11) is 0. The van der Waals surface area contributed by atoms with Gasteiger partial charge in [-0.1, -0.05) is 18.2 Å². The average molecular weight is 242 g/mol. The van der Waals surface area contributed by atoms with E-state index in [1.54, 1.807) is 0 Å². The molecule has 1 heterocycles. The predicted octanol–water partition coefficient (Wildman–Crippen LogP) is 3.70. The third-order valence-electron chi connectivity index (χ3n) is 3.19. The molecule has 2 aromatic rings. The fourth-order valence-corrected chi connectivity index (χ4v) is 2.19. The largest absolute Gasteiger partial charge is 0.459 e. The van der Waals surface area contributed by atoms with Crippen molar-refractivity contribution in [3.63, 3.8) is 0 Å². The van der Waals surface area contributed by atoms with Gasteiger partial charge in [-0.2, -0.15) is 5.26 Å². The van der Waals surface area contributed by atoms with Gasteiger partial charge < -0.3 is 9.73 Å². The monoisotopic (exact) mass is 242 g/mol. The third kappa shape index (κ3) is 2.55. The Labute approximate surface area is 107 Å². The third-order valence-corrected chi connectivity index (χ3v) is 3.19. The maximum atomic E-state index is 8.49. The van der Waals surface area contributed by atoms with Crippen LogP contribution in [0.2, 0.25) is 0 Å². The van der Waals surface area contributed by atoms with E-state index in [2.05, 4.69) is 31.3 Å². The first-order chi connectivity index (χ1) is 8.74. The minimum Gasteiger partial charge on any atom is -0.459 e. The van der Waals surface area contributed by atoms with E-state index in [-0.39, 0.29) is 6.04 Å². The molecule has 1 aromatic heterocycles. The van der Waals surface area contributed by atoms with E-state index in [1.807, 2.05) is 18.2 Å². The standard InChI is InChI=1S/C15H18N2O/c1-11-13-7-3-4-8-14(13)18-15(11)12(2)17-10-6-5-9-16/h3-4,7-8,12,17H,5-6,10H2,1-2H3/t12-/m0/s1. The average Bonchev–Trinajstić information content (AvgIpc) is 2.73. The Morgan fingerprint density at radius 3 is 2.89 bits per heavy atom. The summed E-state index contributed by atoms with van der Waals surface area (Å²) in [5.74, 6) is 0.994. The number of para-hydroxylation sites is 1. The van der Waals surface area contributed by atoms with E-state index >= 15 is 0 Å². The SMILES string of the molecule is Cc1c([C@H](C)NCCCC#N)oc2ccccc12. The molecule has 1 aromatic carbocycles. The van der Waals surface area contributed by atoms with Crippen LogP contribution in [0, 0.1) is 18.3 Å². The number of rotatable bonds is 5. The lowest BCUT2D eigenvalue weighted by atomic mass is 10.1. The van der Waals surface area contributed by atoms with Gasteiger partial charge in [0, 0.05) is 11.8 Å². The number of benzene rings is 1. The molecular formula is C15H18N2O. The van der Waals surface area contributed by atoms with Gasteiger partial charge in [-0.05, 0) is 38.4 Å². The predicted molar refractivity (Wildman–Crippen MR) is 72.2 cm³/mol. The van der Waals surface area contributed by atoms with E-state index < -0.39 is 0 Å². The summed E-state index contributed by atoms with van der Waals surface area (Å²) in [6.07, 6.45) is 1.47. The maximum absolute atomic E-state index is 8.49. The van der Waals surface area contributed by atoms with Crippen LogP contribution in [-0.4, -0.2) is 6.54 Å². The highest BCUT2D eigenvalue weighted by Gasteiger charge is 2.15. The molecule has 18 heavy (non-hydrogen) atoms. The molecule has 3 heteroatoms. The zero-order chi connectivity index (χ0) is 13.0. The molecule has 0 saturated carbocycles. The van der Waals surface area contributed by atoms with Gasteiger partial charge in [0.05, 0.1) is 12.1 Å². The molecule has 94 valence electrons. The summed E-state index contributed by atoms with van der Waals surface area (Å²) in [4.78, 5) is 0. The smallest absolute Gasteiger partial charge is 0.134 e. The molecule has 2 rings (SSSR count). The van der Waals surface area contributed by atoms with Gasteiger partial charge in [-0.3, -0.25) is 0 Å². The molecule has 0 amide bonds. The Balaban J connectivity index is 2.10. The summed E-state index contributed by atoms with van der Waals surface area (Å²) < 4.78 is 5.89. The molecule has 0 aliphatic rings. The Kier molecular flexibility index (Phi) is 4.01. The number of furan rings is 1. The highest BCUT2D eigenvalue weighted by Crippen LogP contribution is 2.28. The minimum absolute atomic E-state index is 0.177. The van der Waals surface area contributed by atoms with Crippen LogP contribution in [0.1, 0.15) is 37.1 Å². The second-order valence-electron chi connectivity index (χ2n) is 4.52. The van der Waals surface area contributed by atoms with Crippen LogP contribution in [0.15, 0.2) is 28.7 Å². The first-order valence-electron chi connectivity index (χ1n) is 6.32. The number of nitriles is 1. The van der Waals surface area contributed by atoms with Crippen LogP contribution in [-0.2, 0) is 0 Å². The topological polar surface area (TPSA) is 49.0 Å². The van der Waals surface area contributed by atoms with Crippen molar-refractivity contribution in [1.29, 1.82) is 5.26 Å². The first-order valence-corrected chi connectivity index (χ1v) is 6.32. The lowest BCUT2D eigenvalue weighted by Crippen LogP contribution is -2.19. The fourth-order valence-electron chi connectivity index (χ4n) is 2.19. The highest BCUT2D eigenvalue weighted by atomic mass is 16.3. The van der Waals surface area contributed by atoms with E-state index in [9.17, 15) is 0 Å². The van der Waals surface area contributed by atoms with Crippen LogP contribution < -0.4 is 5.32 Å². The second kappa shape index (κ2) is 5.70. The zero-order valence-corrected chi connectivity index (χ0v) is 10.9. The summed E-state index contributed by atoms with van der Waals surface area (Å²) in [5, 5.41) is 13.1. The lowest BCUT2D eigenvalue weighted by molar-refractivity contribution is 0.446. The Morgan fingerprint density at radius 1 is 1.39 bits per heavy atom. The van der Waals surface area contributed by atoms with Crippen molar-refractivity contribution in [3.05, 3.63) is 35.6 Å². The first kappa shape index (κ1) is 12.7. The van der Waals surface area contributed by atoms with Crippen LogP contribution in [0.5, 0.6) is 0 Å². The summed E-state index contributed by atoms with van der Waals surface area (Å²) in [6.45, 7) is 5.02. The van der Waals surface area contributed by atoms with Gasteiger partial charge in [0.2, 0.25) is 0 Å². The van der Waals surface area contributed by atoms with Crippen molar-refractivity contribution < 1.29 is 4.42 Å². The second-order valence-corrected chi connectivity index (χ2v) is 4.52. The number of nitrogens with one attached hydrogen (secondary N) is 1. The highest BCUT2D eigenvalue weighted by molar-refractivity contribution is 5.82. The maximum Gasteiger partial charge on any atom is 0.134 e. The Morgan fingerprint density at radius 2 is 2.17 bits per heavy atom. The summed E-state index contributed by atoms with van der Waals surface area (Å²) in [6, 6.07) is 10.4. The van der Waals surface area contributed by atoms with Crippen molar-refractivity contribution in [2.45, 2.75) is 32.7 Å². The van der Waals surface area contributed by atoms with E-state index in [4.69, 9.17) is 9.68 Å². The van der Waals surface area contributed by atoms with Crippen LogP contribution in [0.4, 0.5) is 0 Å². The number of hydrogen-bond donors (Lipinski definition) is 1. The quantitative estimate of drug-likeness (QED) is 0.813. The molecule has 0 spiro atoms. The molecule has 0 fully saturated rings. The van der Waals surface area contributed by atoms with Crippen LogP contribution in [0.3, 0.4) is 0 Å². The van der Waals surface area contributed by atoms with Crippen molar-refractivity contribution in [3.8, 4) is 6.07 Å². The summed E-state index contributed by atoms with van der Waals surface area (Å²) in [5.41, 5.74) is 2.14. The Bertz CT molecular complexity index is 565. The minimum atomic E-state index is 0.177. The molecule has 3 nitrogen and oxygen atoms in total. The molecule has 0 aliphatic carbocycles. The van der Waals surface area contributed by atoms with Crippen molar-refractivity contribution in [1.82, 2.24) is 5.32 Å². The molecule has 0 bridgehead atoms. The van der Waals surface area contributed by atoms with Gasteiger partial charge in [-0.15, -0.1) is 0 Å². The fraction of sp³-hybridized carbons (Fsp3) is 0.400. The Hall–Kier alpha value is -1.79. The van der Waals surface area contributed by atoms with Gasteiger partial charge in [0.15, 0.2) is 0 Å². The molecule has 0 unspecified atom stereocenters. The zero-order valence-electron chi connectivity index (χ0n) is 10.9. The van der Waals surface area contributed by atoms with Gasteiger partial charge in [0.25, 0.3) is 0 Å². The number of aryl methyl sites for hydroxylation is 1. The number of hydrogen-bond acceptors (Lipinski definition) is 3. The lowest BCUT2D eigenvalue weighted by Gasteiger charge is -2.11. The van der Waals surface area contributed by atoms with E-state index in [1.165, 1.54) is 10.9 Å². The van der Waals surface area contributed by atoms with Crippen molar-refractivity contribution in [2.24, 2.45) is 0 Å². The van der Waals surface area contributed by atoms with Crippen LogP contribution >= 0.6 is 0 Å². The molecule has 0 saturated heterocycles. The normalized spacial score (nSPS) is 12.5. The van der Waals surface area contributed by atoms with E-state index in [0.717, 1.165) is 24.3 Å². The van der Waals surface area contributed by atoms with E-state index in [0.29, 0.717) is 6.42 Å². The van der Waals surface area contributed by atoms with Crippen molar-refractivity contribution >= 4 is 11.0 Å². The molecular weight excluding hydrogens is 224 g/mol. The molecule has 0 aliphatic heterocycles. The summed E-state index contributed by atoms with van der Waals surface area (Å²) >= 11 is 0. The van der Waals surface area contributed by atoms with Gasteiger partial charge >= 0.3 is 0 Å². The molecule has 0 radical (unpaired) electrons. The number of fused-ring (bicyclic) bond motifs is 1.